The summed E-state index contributed by atoms with van der Waals surface area (Å²) < 4.78 is 7.23. The van der Waals surface area contributed by atoms with E-state index in [4.69, 9.17) is 4.74 Å². The summed E-state index contributed by atoms with van der Waals surface area (Å²) in [6, 6.07) is 3.64. The summed E-state index contributed by atoms with van der Waals surface area (Å²) in [4.78, 5) is 22.8. The number of carbonyl (C=O) groups is 1. The molecule has 8 nitrogen and oxygen atoms in total. The third-order valence-corrected chi connectivity index (χ3v) is 4.13. The van der Waals surface area contributed by atoms with E-state index in [0.717, 1.165) is 44.0 Å². The van der Waals surface area contributed by atoms with Gasteiger partial charge in [-0.15, -0.1) is 0 Å². The van der Waals surface area contributed by atoms with Crippen molar-refractivity contribution in [3.8, 4) is 0 Å². The van der Waals surface area contributed by atoms with Crippen LogP contribution in [0.1, 0.15) is 22.6 Å². The summed E-state index contributed by atoms with van der Waals surface area (Å²) in [5.41, 5.74) is 1.55. The predicted molar refractivity (Wildman–Crippen MR) is 83.6 cm³/mol. The van der Waals surface area contributed by atoms with E-state index in [1.54, 1.807) is 6.07 Å². The lowest BCUT2D eigenvalue weighted by molar-refractivity contribution is 0.102. The lowest BCUT2D eigenvalue weighted by Gasteiger charge is -2.27. The molecule has 0 bridgehead atoms. The first-order chi connectivity index (χ1) is 11.3. The molecule has 2 aromatic rings. The molecule has 2 aliphatic rings. The van der Waals surface area contributed by atoms with E-state index in [1.165, 1.54) is 6.33 Å². The second-order valence-electron chi connectivity index (χ2n) is 5.66. The Morgan fingerprint density at radius 2 is 2.04 bits per heavy atom. The molecule has 0 spiro atoms. The van der Waals surface area contributed by atoms with Crippen molar-refractivity contribution < 1.29 is 9.53 Å². The van der Waals surface area contributed by atoms with Crippen molar-refractivity contribution in [3.05, 3.63) is 29.8 Å². The Kier molecular flexibility index (Phi) is 3.66. The summed E-state index contributed by atoms with van der Waals surface area (Å²) >= 11 is 0. The standard InChI is InChI=1S/C15H18N6O2/c22-15(12-8-11-2-1-3-21(11)19-12)18-13-9-14(17-10-16-13)20-4-6-23-7-5-20/h8-10H,1-7H2,(H,16,17,18,22). The normalized spacial score (nSPS) is 17.1. The van der Waals surface area contributed by atoms with Crippen molar-refractivity contribution in [3.63, 3.8) is 0 Å². The van der Waals surface area contributed by atoms with Gasteiger partial charge in [0, 0.05) is 31.4 Å². The minimum atomic E-state index is -0.237. The van der Waals surface area contributed by atoms with Gasteiger partial charge in [-0.05, 0) is 18.9 Å². The van der Waals surface area contributed by atoms with Crippen LogP contribution in [0.15, 0.2) is 18.5 Å². The molecule has 4 heterocycles. The number of ether oxygens (including phenoxy) is 1. The van der Waals surface area contributed by atoms with Crippen molar-refractivity contribution in [1.29, 1.82) is 0 Å². The molecule has 1 saturated heterocycles. The van der Waals surface area contributed by atoms with Crippen molar-refractivity contribution in [2.45, 2.75) is 19.4 Å². The van der Waals surface area contributed by atoms with Gasteiger partial charge in [0.1, 0.15) is 18.0 Å². The van der Waals surface area contributed by atoms with Gasteiger partial charge in [0.25, 0.3) is 5.91 Å². The van der Waals surface area contributed by atoms with Crippen LogP contribution in [-0.2, 0) is 17.7 Å². The Hall–Kier alpha value is -2.48. The lowest BCUT2D eigenvalue weighted by atomic mass is 10.2. The van der Waals surface area contributed by atoms with Crippen LogP contribution in [0.4, 0.5) is 11.6 Å². The molecule has 1 amide bonds. The van der Waals surface area contributed by atoms with E-state index in [2.05, 4.69) is 25.3 Å². The number of nitrogens with one attached hydrogen (secondary N) is 1. The van der Waals surface area contributed by atoms with Gasteiger partial charge in [-0.1, -0.05) is 0 Å². The van der Waals surface area contributed by atoms with E-state index < -0.39 is 0 Å². The van der Waals surface area contributed by atoms with Crippen LogP contribution in [-0.4, -0.2) is 52.0 Å². The molecule has 4 rings (SSSR count). The maximum absolute atomic E-state index is 12.3. The molecule has 0 saturated carbocycles. The monoisotopic (exact) mass is 314 g/mol. The van der Waals surface area contributed by atoms with Crippen LogP contribution in [0.25, 0.3) is 0 Å². The molecule has 0 atom stereocenters. The number of nitrogens with zero attached hydrogens (tertiary/aromatic N) is 5. The van der Waals surface area contributed by atoms with E-state index >= 15 is 0 Å². The summed E-state index contributed by atoms with van der Waals surface area (Å²) in [5, 5.41) is 7.14. The first-order valence-electron chi connectivity index (χ1n) is 7.82. The first-order valence-corrected chi connectivity index (χ1v) is 7.82. The van der Waals surface area contributed by atoms with E-state index in [-0.39, 0.29) is 5.91 Å². The van der Waals surface area contributed by atoms with Crippen LogP contribution < -0.4 is 10.2 Å². The molecule has 23 heavy (non-hydrogen) atoms. The smallest absolute Gasteiger partial charge is 0.277 e. The Morgan fingerprint density at radius 1 is 1.17 bits per heavy atom. The molecule has 0 radical (unpaired) electrons. The Morgan fingerprint density at radius 3 is 2.87 bits per heavy atom. The number of hydrogen-bond acceptors (Lipinski definition) is 6. The Labute approximate surface area is 133 Å². The molecular formula is C15H18N6O2. The maximum Gasteiger partial charge on any atom is 0.277 e. The van der Waals surface area contributed by atoms with Gasteiger partial charge in [-0.3, -0.25) is 9.48 Å². The number of aromatic nitrogens is 4. The number of amides is 1. The molecule has 0 unspecified atom stereocenters. The minimum Gasteiger partial charge on any atom is -0.378 e. The van der Waals surface area contributed by atoms with Crippen LogP contribution in [0.3, 0.4) is 0 Å². The number of anilines is 2. The number of aryl methyl sites for hydroxylation is 2. The molecule has 2 aliphatic heterocycles. The SMILES string of the molecule is O=C(Nc1cc(N2CCOCC2)ncn1)c1cc2n(n1)CCC2. The van der Waals surface area contributed by atoms with Gasteiger partial charge in [-0.25, -0.2) is 9.97 Å². The minimum absolute atomic E-state index is 0.237. The zero-order valence-electron chi connectivity index (χ0n) is 12.7. The van der Waals surface area contributed by atoms with Gasteiger partial charge in [0.15, 0.2) is 5.69 Å². The van der Waals surface area contributed by atoms with Crippen molar-refractivity contribution >= 4 is 17.5 Å². The Balaban J connectivity index is 1.48. The lowest BCUT2D eigenvalue weighted by Crippen LogP contribution is -2.36. The second-order valence-corrected chi connectivity index (χ2v) is 5.66. The van der Waals surface area contributed by atoms with Crippen molar-refractivity contribution in [1.82, 2.24) is 19.7 Å². The average molecular weight is 314 g/mol. The molecule has 8 heteroatoms. The molecule has 120 valence electrons. The topological polar surface area (TPSA) is 85.2 Å². The maximum atomic E-state index is 12.3. The zero-order chi connectivity index (χ0) is 15.6. The third-order valence-electron chi connectivity index (χ3n) is 4.13. The van der Waals surface area contributed by atoms with Gasteiger partial charge >= 0.3 is 0 Å². The van der Waals surface area contributed by atoms with Crippen molar-refractivity contribution in [2.75, 3.05) is 36.5 Å². The average Bonchev–Trinajstić information content (AvgIpc) is 3.18. The molecule has 0 aromatic carbocycles. The highest BCUT2D eigenvalue weighted by Gasteiger charge is 2.19. The fourth-order valence-corrected chi connectivity index (χ4v) is 2.93. The number of fused-ring (bicyclic) bond motifs is 1. The fraction of sp³-hybridized carbons (Fsp3) is 0.467. The molecule has 0 aliphatic carbocycles. The molecule has 1 fully saturated rings. The summed E-state index contributed by atoms with van der Waals surface area (Å²) in [7, 11) is 0. The quantitative estimate of drug-likeness (QED) is 0.898. The van der Waals surface area contributed by atoms with Crippen LogP contribution in [0.5, 0.6) is 0 Å². The van der Waals surface area contributed by atoms with Crippen LogP contribution in [0.2, 0.25) is 0 Å². The second kappa shape index (κ2) is 5.96. The summed E-state index contributed by atoms with van der Waals surface area (Å²) in [5.74, 6) is 1.05. The molecule has 1 N–H and O–H groups in total. The number of hydrogen-bond donors (Lipinski definition) is 1. The molecular weight excluding hydrogens is 296 g/mol. The first kappa shape index (κ1) is 14.1. The highest BCUT2D eigenvalue weighted by atomic mass is 16.5. The summed E-state index contributed by atoms with van der Waals surface area (Å²) in [6.45, 7) is 3.84. The van der Waals surface area contributed by atoms with Gasteiger partial charge in [0.05, 0.1) is 13.2 Å². The van der Waals surface area contributed by atoms with Gasteiger partial charge in [-0.2, -0.15) is 5.10 Å². The van der Waals surface area contributed by atoms with E-state index in [9.17, 15) is 4.79 Å². The Bertz CT molecular complexity index is 701. The van der Waals surface area contributed by atoms with E-state index in [1.807, 2.05) is 10.7 Å². The van der Waals surface area contributed by atoms with Crippen LogP contribution in [0, 0.1) is 0 Å². The number of morpholine rings is 1. The van der Waals surface area contributed by atoms with Crippen molar-refractivity contribution in [2.24, 2.45) is 0 Å². The predicted octanol–water partition coefficient (Wildman–Crippen LogP) is 0.708. The zero-order valence-corrected chi connectivity index (χ0v) is 12.7. The highest BCUT2D eigenvalue weighted by molar-refractivity contribution is 6.02. The number of rotatable bonds is 3. The van der Waals surface area contributed by atoms with Crippen LogP contribution >= 0.6 is 0 Å². The highest BCUT2D eigenvalue weighted by Crippen LogP contribution is 2.18. The largest absolute Gasteiger partial charge is 0.378 e. The van der Waals surface area contributed by atoms with E-state index in [0.29, 0.717) is 24.7 Å². The fourth-order valence-electron chi connectivity index (χ4n) is 2.93. The third kappa shape index (κ3) is 2.89. The van der Waals surface area contributed by atoms with Gasteiger partial charge in [0.2, 0.25) is 0 Å². The number of carbonyl (C=O) groups excluding carboxylic acids is 1. The van der Waals surface area contributed by atoms with Gasteiger partial charge < -0.3 is 15.0 Å². The molecule has 2 aromatic heterocycles. The summed E-state index contributed by atoms with van der Waals surface area (Å²) in [6.07, 6.45) is 3.54.